The summed E-state index contributed by atoms with van der Waals surface area (Å²) in [4.78, 5) is 11.4. The van der Waals surface area contributed by atoms with E-state index in [1.54, 1.807) is 0 Å². The van der Waals surface area contributed by atoms with E-state index in [0.717, 1.165) is 18.4 Å². The van der Waals surface area contributed by atoms with Crippen molar-refractivity contribution in [2.45, 2.75) is 52.6 Å². The average molecular weight is 253 g/mol. The van der Waals surface area contributed by atoms with Gasteiger partial charge in [-0.15, -0.1) is 0 Å². The van der Waals surface area contributed by atoms with Gasteiger partial charge >= 0.3 is 6.09 Å². The van der Waals surface area contributed by atoms with Crippen LogP contribution in [0.3, 0.4) is 0 Å². The molecule has 0 saturated carbocycles. The quantitative estimate of drug-likeness (QED) is 0.809. The normalized spacial score (nSPS) is 16.3. The molecule has 0 fully saturated rings. The van der Waals surface area contributed by atoms with Crippen molar-refractivity contribution in [3.05, 3.63) is 23.0 Å². The standard InChI is InChI=1S/C14H23NO3/c1-10-9-11(5-6-12(10)16)7-8-15-13(17)18-14(2,3)4/h9,16H,5-8H2,1-4H3,(H,15,17). The highest BCUT2D eigenvalue weighted by molar-refractivity contribution is 5.67. The van der Waals surface area contributed by atoms with E-state index in [-0.39, 0.29) is 6.09 Å². The zero-order valence-electron chi connectivity index (χ0n) is 11.7. The molecule has 0 saturated heterocycles. The van der Waals surface area contributed by atoms with Gasteiger partial charge in [0.15, 0.2) is 0 Å². The zero-order valence-corrected chi connectivity index (χ0v) is 11.7. The molecule has 1 aliphatic carbocycles. The summed E-state index contributed by atoms with van der Waals surface area (Å²) in [5.74, 6) is 0.471. The number of hydrogen-bond donors (Lipinski definition) is 2. The molecule has 18 heavy (non-hydrogen) atoms. The van der Waals surface area contributed by atoms with E-state index < -0.39 is 5.60 Å². The monoisotopic (exact) mass is 253 g/mol. The van der Waals surface area contributed by atoms with Gasteiger partial charge < -0.3 is 15.2 Å². The van der Waals surface area contributed by atoms with Crippen LogP contribution >= 0.6 is 0 Å². The summed E-state index contributed by atoms with van der Waals surface area (Å²) in [5.41, 5.74) is 1.72. The van der Waals surface area contributed by atoms with Gasteiger partial charge in [-0.2, -0.15) is 0 Å². The van der Waals surface area contributed by atoms with Gasteiger partial charge in [-0.05, 0) is 46.1 Å². The van der Waals surface area contributed by atoms with E-state index in [2.05, 4.69) is 5.32 Å². The first-order valence-corrected chi connectivity index (χ1v) is 6.33. The molecule has 1 aliphatic rings. The molecule has 0 aliphatic heterocycles. The fourth-order valence-electron chi connectivity index (χ4n) is 1.77. The molecule has 0 bridgehead atoms. The minimum absolute atomic E-state index is 0.381. The average Bonchev–Trinajstić information content (AvgIpc) is 2.20. The number of alkyl carbamates (subject to hydrolysis) is 1. The topological polar surface area (TPSA) is 58.6 Å². The van der Waals surface area contributed by atoms with Crippen molar-refractivity contribution >= 4 is 6.09 Å². The van der Waals surface area contributed by atoms with Crippen LogP contribution in [0.1, 0.15) is 47.0 Å². The highest BCUT2D eigenvalue weighted by Gasteiger charge is 2.16. The van der Waals surface area contributed by atoms with Gasteiger partial charge in [-0.1, -0.05) is 11.6 Å². The molecule has 0 aromatic heterocycles. The van der Waals surface area contributed by atoms with Crippen molar-refractivity contribution in [2.24, 2.45) is 0 Å². The van der Waals surface area contributed by atoms with Crippen LogP contribution in [0.4, 0.5) is 4.79 Å². The third kappa shape index (κ3) is 5.25. The van der Waals surface area contributed by atoms with Crippen molar-refractivity contribution in [3.8, 4) is 0 Å². The Morgan fingerprint density at radius 1 is 1.44 bits per heavy atom. The lowest BCUT2D eigenvalue weighted by molar-refractivity contribution is 0.0528. The maximum Gasteiger partial charge on any atom is 0.407 e. The molecule has 0 heterocycles. The molecule has 0 spiro atoms. The zero-order chi connectivity index (χ0) is 13.8. The fraction of sp³-hybridized carbons (Fsp3) is 0.643. The molecule has 0 aromatic carbocycles. The SMILES string of the molecule is CC1=C(O)CCC(CCNC(=O)OC(C)(C)C)=C1. The molecule has 1 rings (SSSR count). The Hall–Kier alpha value is -1.45. The molecule has 1 amide bonds. The second-order valence-electron chi connectivity index (χ2n) is 5.61. The van der Waals surface area contributed by atoms with Gasteiger partial charge in [-0.3, -0.25) is 0 Å². The van der Waals surface area contributed by atoms with Crippen LogP contribution in [0, 0.1) is 0 Å². The van der Waals surface area contributed by atoms with Gasteiger partial charge in [0.25, 0.3) is 0 Å². The summed E-state index contributed by atoms with van der Waals surface area (Å²) in [5, 5.41) is 12.2. The highest BCUT2D eigenvalue weighted by atomic mass is 16.6. The summed E-state index contributed by atoms with van der Waals surface area (Å²) in [6.45, 7) is 7.98. The molecular weight excluding hydrogens is 230 g/mol. The van der Waals surface area contributed by atoms with E-state index in [9.17, 15) is 9.90 Å². The third-order valence-electron chi connectivity index (χ3n) is 2.67. The van der Waals surface area contributed by atoms with E-state index in [0.29, 0.717) is 18.7 Å². The Kier molecular flexibility index (Phi) is 4.82. The number of hydrogen-bond acceptors (Lipinski definition) is 3. The minimum atomic E-state index is -0.459. The molecule has 0 atom stereocenters. The van der Waals surface area contributed by atoms with Crippen LogP contribution < -0.4 is 5.32 Å². The maximum atomic E-state index is 11.4. The smallest absolute Gasteiger partial charge is 0.407 e. The lowest BCUT2D eigenvalue weighted by Crippen LogP contribution is -2.33. The predicted molar refractivity (Wildman–Crippen MR) is 71.5 cm³/mol. The van der Waals surface area contributed by atoms with Gasteiger partial charge in [-0.25, -0.2) is 4.79 Å². The Balaban J connectivity index is 2.31. The second-order valence-corrected chi connectivity index (χ2v) is 5.61. The van der Waals surface area contributed by atoms with Crippen LogP contribution in [-0.2, 0) is 4.74 Å². The molecule has 0 aromatic rings. The van der Waals surface area contributed by atoms with Gasteiger partial charge in [0.2, 0.25) is 0 Å². The second kappa shape index (κ2) is 5.94. The number of carbonyl (C=O) groups excluding carboxylic acids is 1. The molecular formula is C14H23NO3. The molecule has 2 N–H and O–H groups in total. The number of aliphatic hydroxyl groups is 1. The third-order valence-corrected chi connectivity index (χ3v) is 2.67. The number of ether oxygens (including phenoxy) is 1. The van der Waals surface area contributed by atoms with E-state index >= 15 is 0 Å². The summed E-state index contributed by atoms with van der Waals surface area (Å²) in [6, 6.07) is 0. The number of amides is 1. The number of allylic oxidation sites excluding steroid dienone is 3. The summed E-state index contributed by atoms with van der Waals surface area (Å²) < 4.78 is 5.15. The van der Waals surface area contributed by atoms with E-state index in [1.807, 2.05) is 33.8 Å². The highest BCUT2D eigenvalue weighted by Crippen LogP contribution is 2.23. The van der Waals surface area contributed by atoms with Crippen LogP contribution in [0.5, 0.6) is 0 Å². The Morgan fingerprint density at radius 2 is 2.11 bits per heavy atom. The first-order chi connectivity index (χ1) is 8.28. The Labute approximate surface area is 109 Å². The lowest BCUT2D eigenvalue weighted by Gasteiger charge is -2.20. The van der Waals surface area contributed by atoms with Crippen molar-refractivity contribution in [1.29, 1.82) is 0 Å². The van der Waals surface area contributed by atoms with E-state index in [1.165, 1.54) is 5.57 Å². The van der Waals surface area contributed by atoms with Crippen LogP contribution in [0.2, 0.25) is 0 Å². The summed E-state index contributed by atoms with van der Waals surface area (Å²) in [7, 11) is 0. The van der Waals surface area contributed by atoms with Crippen molar-refractivity contribution < 1.29 is 14.6 Å². The van der Waals surface area contributed by atoms with Gasteiger partial charge in [0.05, 0.1) is 5.76 Å². The Bertz CT molecular complexity index is 375. The van der Waals surface area contributed by atoms with Crippen molar-refractivity contribution in [1.82, 2.24) is 5.32 Å². The molecule has 0 unspecified atom stereocenters. The number of carbonyl (C=O) groups is 1. The van der Waals surface area contributed by atoms with Crippen molar-refractivity contribution in [2.75, 3.05) is 6.54 Å². The molecule has 0 radical (unpaired) electrons. The van der Waals surface area contributed by atoms with Crippen molar-refractivity contribution in [3.63, 3.8) is 0 Å². The first-order valence-electron chi connectivity index (χ1n) is 6.33. The fourth-order valence-corrected chi connectivity index (χ4v) is 1.77. The predicted octanol–water partition coefficient (Wildman–Crippen LogP) is 3.45. The molecule has 4 nitrogen and oxygen atoms in total. The minimum Gasteiger partial charge on any atom is -0.512 e. The lowest BCUT2D eigenvalue weighted by atomic mass is 9.96. The molecule has 102 valence electrons. The van der Waals surface area contributed by atoms with Crippen LogP contribution in [-0.4, -0.2) is 23.3 Å². The van der Waals surface area contributed by atoms with Gasteiger partial charge in [0.1, 0.15) is 5.60 Å². The van der Waals surface area contributed by atoms with Crippen LogP contribution in [0.15, 0.2) is 23.0 Å². The molecule has 4 heteroatoms. The first kappa shape index (κ1) is 14.6. The largest absolute Gasteiger partial charge is 0.512 e. The number of aliphatic hydroxyl groups excluding tert-OH is 1. The number of rotatable bonds is 3. The maximum absolute atomic E-state index is 11.4. The van der Waals surface area contributed by atoms with E-state index in [4.69, 9.17) is 4.74 Å². The number of nitrogens with one attached hydrogen (secondary N) is 1. The summed E-state index contributed by atoms with van der Waals surface area (Å²) >= 11 is 0. The summed E-state index contributed by atoms with van der Waals surface area (Å²) in [6.07, 6.45) is 3.97. The Morgan fingerprint density at radius 3 is 2.67 bits per heavy atom. The van der Waals surface area contributed by atoms with Gasteiger partial charge in [0, 0.05) is 13.0 Å². The van der Waals surface area contributed by atoms with Crippen LogP contribution in [0.25, 0.3) is 0 Å².